The fraction of sp³-hybridized carbons (Fsp3) is 0.600. The number of carbonyl (C=O) groups excluding carboxylic acids is 1. The van der Waals surface area contributed by atoms with Crippen molar-refractivity contribution in [1.82, 2.24) is 15.1 Å². The van der Waals surface area contributed by atoms with Gasteiger partial charge in [0.25, 0.3) is 0 Å². The molecule has 0 spiro atoms. The van der Waals surface area contributed by atoms with Gasteiger partial charge in [0.2, 0.25) is 5.91 Å². The van der Waals surface area contributed by atoms with E-state index in [1.165, 1.54) is 30.7 Å². The van der Waals surface area contributed by atoms with Crippen LogP contribution in [0.25, 0.3) is 0 Å². The molecule has 3 rings (SSSR count). The highest BCUT2D eigenvalue weighted by Gasteiger charge is 2.31. The predicted octanol–water partition coefficient (Wildman–Crippen LogP) is 2.55. The zero-order valence-electron chi connectivity index (χ0n) is 17.2. The highest BCUT2D eigenvalue weighted by atomic mass is 127. The van der Waals surface area contributed by atoms with E-state index in [4.69, 9.17) is 5.73 Å². The first-order chi connectivity index (χ1) is 14.3. The van der Waals surface area contributed by atoms with Crippen LogP contribution >= 0.6 is 24.0 Å². The number of piperazine rings is 1. The molecular weight excluding hydrogens is 526 g/mol. The van der Waals surface area contributed by atoms with Gasteiger partial charge in [0.1, 0.15) is 5.75 Å². The largest absolute Gasteiger partial charge is 0.573 e. The lowest BCUT2D eigenvalue weighted by Gasteiger charge is -2.38. The predicted molar refractivity (Wildman–Crippen MR) is 122 cm³/mol. The van der Waals surface area contributed by atoms with Crippen molar-refractivity contribution in [3.05, 3.63) is 29.8 Å². The second-order valence-corrected chi connectivity index (χ2v) is 7.61. The van der Waals surface area contributed by atoms with Crippen molar-refractivity contribution in [3.8, 4) is 5.75 Å². The number of rotatable bonds is 7. The summed E-state index contributed by atoms with van der Waals surface area (Å²) in [6.07, 6.45) is -1.46. The Morgan fingerprint density at radius 2 is 1.81 bits per heavy atom. The van der Waals surface area contributed by atoms with Crippen LogP contribution in [0.3, 0.4) is 0 Å². The number of guanidine groups is 1. The highest BCUT2D eigenvalue weighted by molar-refractivity contribution is 14.0. The molecule has 2 fully saturated rings. The van der Waals surface area contributed by atoms with E-state index in [9.17, 15) is 18.0 Å². The molecule has 1 aliphatic heterocycles. The van der Waals surface area contributed by atoms with Crippen LogP contribution in [0.15, 0.2) is 29.3 Å². The number of hydrogen-bond acceptors (Lipinski definition) is 4. The van der Waals surface area contributed by atoms with E-state index >= 15 is 0 Å². The number of amides is 1. The molecule has 0 unspecified atom stereocenters. The first-order valence-corrected chi connectivity index (χ1v) is 10.2. The van der Waals surface area contributed by atoms with Crippen molar-refractivity contribution in [2.75, 3.05) is 39.3 Å². The minimum Gasteiger partial charge on any atom is -0.406 e. The summed E-state index contributed by atoms with van der Waals surface area (Å²) >= 11 is 0. The van der Waals surface area contributed by atoms with Crippen LogP contribution in [0.5, 0.6) is 5.75 Å². The van der Waals surface area contributed by atoms with Crippen LogP contribution < -0.4 is 15.8 Å². The van der Waals surface area contributed by atoms with Crippen molar-refractivity contribution in [1.29, 1.82) is 0 Å². The third-order valence-corrected chi connectivity index (χ3v) is 5.46. The second-order valence-electron chi connectivity index (χ2n) is 7.61. The van der Waals surface area contributed by atoms with Crippen LogP contribution in [0.1, 0.15) is 24.8 Å². The summed E-state index contributed by atoms with van der Waals surface area (Å²) in [7, 11) is 0. The number of nitrogens with two attached hydrogens (primary N) is 1. The Morgan fingerprint density at radius 1 is 1.16 bits per heavy atom. The Bertz CT molecular complexity index is 733. The fourth-order valence-corrected chi connectivity index (χ4v) is 3.48. The Balaban J connectivity index is 0.00000341. The molecule has 0 atom stereocenters. The molecule has 0 radical (unpaired) electrons. The number of nitrogens with one attached hydrogen (secondary N) is 1. The van der Waals surface area contributed by atoms with E-state index < -0.39 is 6.36 Å². The van der Waals surface area contributed by atoms with Gasteiger partial charge in [-0.05, 0) is 30.5 Å². The van der Waals surface area contributed by atoms with Crippen LogP contribution in [0, 0.1) is 5.92 Å². The fourth-order valence-electron chi connectivity index (χ4n) is 3.48. The zero-order valence-corrected chi connectivity index (χ0v) is 19.6. The van der Waals surface area contributed by atoms with Gasteiger partial charge in [-0.1, -0.05) is 18.6 Å². The maximum Gasteiger partial charge on any atom is 0.573 e. The van der Waals surface area contributed by atoms with E-state index in [0.717, 1.165) is 51.1 Å². The van der Waals surface area contributed by atoms with Crippen LogP contribution in [-0.2, 0) is 11.3 Å². The minimum absolute atomic E-state index is 0. The molecule has 3 N–H and O–H groups in total. The summed E-state index contributed by atoms with van der Waals surface area (Å²) in [4.78, 5) is 20.7. The Labute approximate surface area is 197 Å². The average molecular weight is 555 g/mol. The summed E-state index contributed by atoms with van der Waals surface area (Å²) in [6.45, 7) is 4.93. The molecule has 31 heavy (non-hydrogen) atoms. The molecule has 11 heteroatoms. The zero-order chi connectivity index (χ0) is 21.6. The molecule has 1 saturated heterocycles. The third kappa shape index (κ3) is 8.36. The van der Waals surface area contributed by atoms with Crippen molar-refractivity contribution >= 4 is 35.8 Å². The average Bonchev–Trinajstić information content (AvgIpc) is 2.65. The Morgan fingerprint density at radius 3 is 2.35 bits per heavy atom. The molecule has 0 bridgehead atoms. The van der Waals surface area contributed by atoms with Crippen LogP contribution in [0.2, 0.25) is 0 Å². The molecule has 1 heterocycles. The van der Waals surface area contributed by atoms with Gasteiger partial charge in [-0.15, -0.1) is 37.1 Å². The number of hydrogen-bond donors (Lipinski definition) is 2. The van der Waals surface area contributed by atoms with Crippen molar-refractivity contribution in [2.45, 2.75) is 32.2 Å². The topological polar surface area (TPSA) is 83.2 Å². The maximum absolute atomic E-state index is 12.3. The number of ether oxygens (including phenoxy) is 1. The first kappa shape index (κ1) is 25.5. The first-order valence-electron chi connectivity index (χ1n) is 10.2. The van der Waals surface area contributed by atoms with E-state index in [-0.39, 0.29) is 48.1 Å². The number of halogens is 4. The van der Waals surface area contributed by atoms with Gasteiger partial charge in [-0.2, -0.15) is 0 Å². The summed E-state index contributed by atoms with van der Waals surface area (Å²) in [6, 6.07) is 5.53. The van der Waals surface area contributed by atoms with Crippen LogP contribution in [0.4, 0.5) is 13.2 Å². The molecule has 1 aromatic rings. The number of nitrogens with zero attached hydrogens (tertiary/aromatic N) is 3. The van der Waals surface area contributed by atoms with Gasteiger partial charge in [0, 0.05) is 45.2 Å². The highest BCUT2D eigenvalue weighted by Crippen LogP contribution is 2.28. The van der Waals surface area contributed by atoms with Crippen molar-refractivity contribution in [3.63, 3.8) is 0 Å². The lowest BCUT2D eigenvalue weighted by atomic mass is 9.84. The van der Waals surface area contributed by atoms with Gasteiger partial charge in [-0.3, -0.25) is 9.69 Å². The van der Waals surface area contributed by atoms with E-state index in [1.807, 2.05) is 4.90 Å². The maximum atomic E-state index is 12.3. The van der Waals surface area contributed by atoms with Gasteiger partial charge < -0.3 is 20.7 Å². The van der Waals surface area contributed by atoms with E-state index in [0.29, 0.717) is 12.5 Å². The minimum atomic E-state index is -4.70. The lowest BCUT2D eigenvalue weighted by Crippen LogP contribution is -2.52. The quantitative estimate of drug-likeness (QED) is 0.307. The molecule has 1 aliphatic carbocycles. The molecule has 0 aromatic heterocycles. The number of benzene rings is 1. The van der Waals surface area contributed by atoms with Crippen LogP contribution in [-0.4, -0.2) is 67.3 Å². The molecule has 2 aliphatic rings. The van der Waals surface area contributed by atoms with Crippen molar-refractivity contribution < 1.29 is 22.7 Å². The normalized spacial score (nSPS) is 18.2. The monoisotopic (exact) mass is 555 g/mol. The van der Waals surface area contributed by atoms with Gasteiger partial charge >= 0.3 is 6.36 Å². The lowest BCUT2D eigenvalue weighted by molar-refractivity contribution is -0.274. The summed E-state index contributed by atoms with van der Waals surface area (Å²) in [5, 5.41) is 3.05. The van der Waals surface area contributed by atoms with E-state index in [2.05, 4.69) is 19.9 Å². The molecule has 1 aromatic carbocycles. The molecule has 7 nitrogen and oxygen atoms in total. The summed E-state index contributed by atoms with van der Waals surface area (Å²) in [5.41, 5.74) is 6.58. The van der Waals surface area contributed by atoms with E-state index in [1.54, 1.807) is 0 Å². The van der Waals surface area contributed by atoms with Crippen molar-refractivity contribution in [2.24, 2.45) is 16.6 Å². The third-order valence-electron chi connectivity index (χ3n) is 5.46. The molecule has 1 amide bonds. The molecular formula is C20H29F3IN5O2. The standard InChI is InChI=1S/C20H28F3N5O2.HI/c21-20(22,23)30-17-6-4-15(5-7-17)14-26-19(24)25-8-9-27-10-12-28(13-11-27)18(29)16-2-1-3-16;/h4-7,16H,1-3,8-14H2,(H3,24,25,26);1H. The Kier molecular flexibility index (Phi) is 9.66. The van der Waals surface area contributed by atoms with Gasteiger partial charge in [0.15, 0.2) is 5.96 Å². The molecule has 174 valence electrons. The SMILES string of the molecule is I.NC(=NCc1ccc(OC(F)(F)F)cc1)NCCN1CCN(C(=O)C2CCC2)CC1. The second kappa shape index (κ2) is 11.7. The number of carbonyl (C=O) groups is 1. The smallest absolute Gasteiger partial charge is 0.406 e. The van der Waals surface area contributed by atoms with Gasteiger partial charge in [0.05, 0.1) is 6.54 Å². The number of alkyl halides is 3. The Hall–Kier alpha value is -1.76. The summed E-state index contributed by atoms with van der Waals surface area (Å²) < 4.78 is 40.3. The van der Waals surface area contributed by atoms with Gasteiger partial charge in [-0.25, -0.2) is 4.99 Å². The molecule has 1 saturated carbocycles. The number of aliphatic imine (C=N–C) groups is 1. The summed E-state index contributed by atoms with van der Waals surface area (Å²) in [5.74, 6) is 0.580.